The average Bonchev–Trinajstić information content (AvgIpc) is 3.66. The van der Waals surface area contributed by atoms with Gasteiger partial charge in [-0.3, -0.25) is 37.3 Å². The lowest BCUT2D eigenvalue weighted by Gasteiger charge is -2.21. The molecule has 5 atom stereocenters. The van der Waals surface area contributed by atoms with Gasteiger partial charge in [0.25, 0.3) is 0 Å². The van der Waals surface area contributed by atoms with Crippen LogP contribution in [0.1, 0.15) is 356 Å². The van der Waals surface area contributed by atoms with Crippen molar-refractivity contribution in [3.8, 4) is 0 Å². The van der Waals surface area contributed by atoms with Crippen LogP contribution >= 0.6 is 15.6 Å². The molecule has 0 spiro atoms. The Balaban J connectivity index is 5.22. The lowest BCUT2D eigenvalue weighted by atomic mass is 10.0. The van der Waals surface area contributed by atoms with Gasteiger partial charge >= 0.3 is 39.5 Å². The van der Waals surface area contributed by atoms with E-state index in [9.17, 15) is 43.2 Å². The van der Waals surface area contributed by atoms with Crippen LogP contribution in [0.15, 0.2) is 0 Å². The Morgan fingerprint density at radius 2 is 0.523 bits per heavy atom. The smallest absolute Gasteiger partial charge is 0.462 e. The third-order valence-electron chi connectivity index (χ3n) is 16.0. The van der Waals surface area contributed by atoms with E-state index in [1.807, 2.05) is 0 Å². The van der Waals surface area contributed by atoms with Crippen LogP contribution in [-0.4, -0.2) is 96.7 Å². The molecule has 0 bridgehead atoms. The van der Waals surface area contributed by atoms with Gasteiger partial charge in [-0.2, -0.15) is 0 Å². The summed E-state index contributed by atoms with van der Waals surface area (Å²) in [5.74, 6) is -1.34. The molecule has 0 saturated heterocycles. The Morgan fingerprint density at radius 3 is 0.773 bits per heavy atom. The molecule has 0 rings (SSSR count). The van der Waals surface area contributed by atoms with Crippen molar-refractivity contribution < 1.29 is 80.2 Å². The van der Waals surface area contributed by atoms with Gasteiger partial charge in [-0.05, 0) is 31.6 Å². The number of aliphatic hydroxyl groups excluding tert-OH is 1. The molecule has 2 unspecified atom stereocenters. The molecule has 0 aliphatic heterocycles. The van der Waals surface area contributed by atoms with Crippen molar-refractivity contribution in [3.05, 3.63) is 0 Å². The van der Waals surface area contributed by atoms with E-state index in [2.05, 4.69) is 34.6 Å². The Kier molecular flexibility index (Phi) is 61.1. The number of ether oxygens (including phenoxy) is 4. The summed E-state index contributed by atoms with van der Waals surface area (Å²) >= 11 is 0. The molecule has 0 aliphatic rings. The second-order valence-corrected chi connectivity index (χ2v) is 28.3. The van der Waals surface area contributed by atoms with Crippen molar-refractivity contribution in [2.24, 2.45) is 5.92 Å². The largest absolute Gasteiger partial charge is 0.472 e. The highest BCUT2D eigenvalue weighted by Crippen LogP contribution is 2.45. The number of unbranched alkanes of at least 4 members (excludes halogenated alkanes) is 41. The molecule has 3 N–H and O–H groups in total. The highest BCUT2D eigenvalue weighted by Gasteiger charge is 2.30. The van der Waals surface area contributed by atoms with Crippen LogP contribution in [0.5, 0.6) is 0 Å². The number of esters is 4. The molecule has 522 valence electrons. The Hall–Kier alpha value is -1.94. The summed E-state index contributed by atoms with van der Waals surface area (Å²) < 4.78 is 68.2. The first-order chi connectivity index (χ1) is 42.5. The Morgan fingerprint density at radius 1 is 0.307 bits per heavy atom. The fourth-order valence-electron chi connectivity index (χ4n) is 10.5. The third-order valence-corrected chi connectivity index (χ3v) is 17.9. The first kappa shape index (κ1) is 86.1. The molecule has 0 heterocycles. The summed E-state index contributed by atoms with van der Waals surface area (Å²) in [4.78, 5) is 72.4. The predicted octanol–water partition coefficient (Wildman–Crippen LogP) is 19.7. The van der Waals surface area contributed by atoms with Crippen molar-refractivity contribution in [1.82, 2.24) is 0 Å². The van der Waals surface area contributed by atoms with Gasteiger partial charge in [-0.1, -0.05) is 304 Å². The zero-order valence-corrected chi connectivity index (χ0v) is 58.6. The van der Waals surface area contributed by atoms with E-state index in [0.29, 0.717) is 25.7 Å². The molecule has 0 fully saturated rings. The number of hydrogen-bond donors (Lipinski definition) is 3. The number of carbonyl (C=O) groups excluding carboxylic acids is 4. The predicted molar refractivity (Wildman–Crippen MR) is 354 cm³/mol. The van der Waals surface area contributed by atoms with E-state index in [1.54, 1.807) is 0 Å². The van der Waals surface area contributed by atoms with Crippen molar-refractivity contribution in [1.29, 1.82) is 0 Å². The van der Waals surface area contributed by atoms with Crippen molar-refractivity contribution >= 4 is 39.5 Å². The topological polar surface area (TPSA) is 237 Å². The van der Waals surface area contributed by atoms with E-state index in [0.717, 1.165) is 102 Å². The highest BCUT2D eigenvalue weighted by molar-refractivity contribution is 7.47. The molecular weight excluding hydrogens is 1160 g/mol. The van der Waals surface area contributed by atoms with E-state index < -0.39 is 97.5 Å². The molecule has 0 aromatic heterocycles. The number of rotatable bonds is 69. The van der Waals surface area contributed by atoms with Crippen LogP contribution in [0.2, 0.25) is 0 Å². The fourth-order valence-corrected chi connectivity index (χ4v) is 12.0. The Labute approximate surface area is 537 Å². The molecule has 0 saturated carbocycles. The first-order valence-corrected chi connectivity index (χ1v) is 39.1. The van der Waals surface area contributed by atoms with Crippen LogP contribution in [-0.2, 0) is 65.4 Å². The van der Waals surface area contributed by atoms with Gasteiger partial charge in [-0.15, -0.1) is 0 Å². The molecular formula is C69H134O17P2. The Bertz CT molecular complexity index is 1700. The van der Waals surface area contributed by atoms with Gasteiger partial charge in [0.2, 0.25) is 0 Å². The quantitative estimate of drug-likeness (QED) is 0.0222. The van der Waals surface area contributed by atoms with Gasteiger partial charge < -0.3 is 33.8 Å². The lowest BCUT2D eigenvalue weighted by molar-refractivity contribution is -0.161. The molecule has 88 heavy (non-hydrogen) atoms. The average molecular weight is 1300 g/mol. The number of hydrogen-bond acceptors (Lipinski definition) is 15. The second-order valence-electron chi connectivity index (χ2n) is 25.4. The van der Waals surface area contributed by atoms with Crippen LogP contribution in [0.25, 0.3) is 0 Å². The van der Waals surface area contributed by atoms with Crippen LogP contribution < -0.4 is 0 Å². The van der Waals surface area contributed by atoms with Gasteiger partial charge in [0.1, 0.15) is 19.3 Å². The molecule has 0 aromatic carbocycles. The van der Waals surface area contributed by atoms with Gasteiger partial charge in [0, 0.05) is 25.7 Å². The van der Waals surface area contributed by atoms with Crippen LogP contribution in [0.4, 0.5) is 0 Å². The maximum absolute atomic E-state index is 13.0. The maximum atomic E-state index is 13.0. The number of phosphoric acid groups is 2. The molecule has 19 heteroatoms. The summed E-state index contributed by atoms with van der Waals surface area (Å²) in [5, 5.41) is 10.6. The standard InChI is InChI=1S/C69H134O17P2/c1-6-9-12-15-18-21-23-25-30-33-38-43-48-53-67(72)80-59-65(86-69(74)55-50-45-40-35-31-27-24-26-29-32-36-41-46-51-62(4)5)61-84-88(77,78)82-57-63(70)56-81-87(75,76)83-60-64(58-79-66(71)52-47-42-37-20-17-14-11-8-3)85-68(73)54-49-44-39-34-28-22-19-16-13-10-7-2/h62-65,70H,6-61H2,1-5H3,(H,75,76)(H,77,78)/t63-,64+,65+/m0/s1. The zero-order valence-electron chi connectivity index (χ0n) is 56.9. The summed E-state index contributed by atoms with van der Waals surface area (Å²) in [6.07, 6.45) is 48.5. The minimum atomic E-state index is -4.95. The summed E-state index contributed by atoms with van der Waals surface area (Å²) in [6, 6.07) is 0. The normalized spacial score (nSPS) is 14.1. The highest BCUT2D eigenvalue weighted by atomic mass is 31.2. The number of phosphoric ester groups is 2. The van der Waals surface area contributed by atoms with Gasteiger partial charge in [0.05, 0.1) is 26.4 Å². The molecule has 0 aromatic rings. The number of aliphatic hydroxyl groups is 1. The van der Waals surface area contributed by atoms with Crippen molar-refractivity contribution in [3.63, 3.8) is 0 Å². The van der Waals surface area contributed by atoms with Crippen LogP contribution in [0, 0.1) is 5.92 Å². The first-order valence-electron chi connectivity index (χ1n) is 36.1. The van der Waals surface area contributed by atoms with E-state index >= 15 is 0 Å². The molecule has 17 nitrogen and oxygen atoms in total. The minimum absolute atomic E-state index is 0.107. The molecule has 0 aliphatic carbocycles. The lowest BCUT2D eigenvalue weighted by Crippen LogP contribution is -2.30. The molecule has 0 radical (unpaired) electrons. The second kappa shape index (κ2) is 62.5. The maximum Gasteiger partial charge on any atom is 0.472 e. The third kappa shape index (κ3) is 62.8. The minimum Gasteiger partial charge on any atom is -0.462 e. The van der Waals surface area contributed by atoms with E-state index in [1.165, 1.54) is 173 Å². The summed E-state index contributed by atoms with van der Waals surface area (Å²) in [7, 11) is -9.89. The van der Waals surface area contributed by atoms with Crippen LogP contribution in [0.3, 0.4) is 0 Å². The zero-order chi connectivity index (χ0) is 64.9. The van der Waals surface area contributed by atoms with Crippen molar-refractivity contribution in [2.75, 3.05) is 39.6 Å². The van der Waals surface area contributed by atoms with E-state index in [4.69, 9.17) is 37.0 Å². The molecule has 0 amide bonds. The monoisotopic (exact) mass is 1300 g/mol. The fraction of sp³-hybridized carbons (Fsp3) is 0.942. The van der Waals surface area contributed by atoms with Gasteiger partial charge in [-0.25, -0.2) is 9.13 Å². The summed E-state index contributed by atoms with van der Waals surface area (Å²) in [6.45, 7) is 7.23. The van der Waals surface area contributed by atoms with Crippen molar-refractivity contribution in [2.45, 2.75) is 374 Å². The SMILES string of the molecule is CCCCCCCCCCCCCCCC(=O)OC[C@H](COP(=O)(O)OC[C@@H](O)COP(=O)(O)OC[C@@H](COC(=O)CCCCCCCCCC)OC(=O)CCCCCCCCCCCCC)OC(=O)CCCCCCCCCCCCCCCC(C)C. The number of carbonyl (C=O) groups is 4. The van der Waals surface area contributed by atoms with E-state index in [-0.39, 0.29) is 25.7 Å². The van der Waals surface area contributed by atoms with Gasteiger partial charge in [0.15, 0.2) is 12.2 Å². The summed E-state index contributed by atoms with van der Waals surface area (Å²) in [5.41, 5.74) is 0.